The molecule has 0 saturated carbocycles. The third-order valence-corrected chi connectivity index (χ3v) is 7.41. The average molecular weight is 513 g/mol. The zero-order valence-corrected chi connectivity index (χ0v) is 19.2. The molecule has 2 aliphatic heterocycles. The number of phosphoric ester groups is 1. The molecular weight excluding hydrogens is 491 g/mol. The van der Waals surface area contributed by atoms with E-state index in [1.54, 1.807) is 0 Å². The highest BCUT2D eigenvalue weighted by molar-refractivity contribution is 7.48. The molecule has 0 unspecified atom stereocenters. The highest BCUT2D eigenvalue weighted by Crippen LogP contribution is 2.57. The summed E-state index contributed by atoms with van der Waals surface area (Å²) in [6.45, 7) is 0.804. The molecule has 2 aliphatic rings. The van der Waals surface area contributed by atoms with Gasteiger partial charge >= 0.3 is 7.82 Å². The number of nitrogens with zero attached hydrogens (tertiary/aromatic N) is 4. The number of rotatable bonds is 5. The summed E-state index contributed by atoms with van der Waals surface area (Å²) in [6, 6.07) is 2.85. The zero-order valence-electron chi connectivity index (χ0n) is 18.3. The number of nitrogens with two attached hydrogens (primary N) is 1. The van der Waals surface area contributed by atoms with E-state index in [1.165, 1.54) is 24.1 Å². The summed E-state index contributed by atoms with van der Waals surface area (Å²) in [5.41, 5.74) is 4.68. The highest BCUT2D eigenvalue weighted by Gasteiger charge is 2.54. The Labute approximate surface area is 197 Å². The van der Waals surface area contributed by atoms with E-state index < -0.39 is 56.2 Å². The molecule has 0 bridgehead atoms. The highest BCUT2D eigenvalue weighted by atomic mass is 31.2. The van der Waals surface area contributed by atoms with E-state index in [4.69, 9.17) is 24.0 Å². The second-order valence-electron chi connectivity index (χ2n) is 8.44. The Morgan fingerprint density at radius 1 is 1.29 bits per heavy atom. The van der Waals surface area contributed by atoms with Gasteiger partial charge in [0, 0.05) is 12.5 Å². The van der Waals surface area contributed by atoms with Gasteiger partial charge in [-0.25, -0.2) is 28.3 Å². The fourth-order valence-corrected chi connectivity index (χ4v) is 5.54. The number of nitrogen functional groups attached to an aromatic ring is 1. The van der Waals surface area contributed by atoms with E-state index in [9.17, 15) is 23.6 Å². The molecule has 12 nitrogen and oxygen atoms in total. The van der Waals surface area contributed by atoms with Crippen LogP contribution in [0.25, 0.3) is 11.2 Å². The summed E-state index contributed by atoms with van der Waals surface area (Å²) >= 11 is 0. The van der Waals surface area contributed by atoms with Gasteiger partial charge in [-0.05, 0) is 24.6 Å². The van der Waals surface area contributed by atoms with Gasteiger partial charge in [-0.3, -0.25) is 18.1 Å². The molecule has 0 radical (unpaired) electrons. The first kappa shape index (κ1) is 24.1. The van der Waals surface area contributed by atoms with Gasteiger partial charge in [0.2, 0.25) is 0 Å². The van der Waals surface area contributed by atoms with E-state index in [-0.39, 0.29) is 35.6 Å². The Balaban J connectivity index is 1.31. The van der Waals surface area contributed by atoms with Gasteiger partial charge in [0.25, 0.3) is 0 Å². The number of hydrogen-bond acceptors (Lipinski definition) is 11. The molecular formula is C20H22F2N5O7P. The third-order valence-electron chi connectivity index (χ3n) is 5.93. The maximum atomic E-state index is 13.6. The van der Waals surface area contributed by atoms with Crippen LogP contribution in [0.4, 0.5) is 14.6 Å². The van der Waals surface area contributed by atoms with Crippen LogP contribution in [-0.4, -0.2) is 60.8 Å². The van der Waals surface area contributed by atoms with E-state index in [2.05, 4.69) is 15.0 Å². The number of anilines is 1. The number of benzene rings is 1. The van der Waals surface area contributed by atoms with Gasteiger partial charge in [0.05, 0.1) is 25.6 Å². The lowest BCUT2D eigenvalue weighted by molar-refractivity contribution is -0.0953. The van der Waals surface area contributed by atoms with Crippen LogP contribution in [0.3, 0.4) is 0 Å². The molecule has 2 saturated heterocycles. The molecule has 0 amide bonds. The van der Waals surface area contributed by atoms with Gasteiger partial charge in [-0.2, -0.15) is 0 Å². The first-order valence-corrected chi connectivity index (χ1v) is 12.1. The Bertz CT molecular complexity index is 1290. The topological polar surface area (TPSA) is 164 Å². The van der Waals surface area contributed by atoms with Crippen LogP contribution < -0.4 is 5.73 Å². The Hall–Kier alpha value is -2.58. The molecule has 6 atom stereocenters. The Morgan fingerprint density at radius 2 is 2.03 bits per heavy atom. The monoisotopic (exact) mass is 513 g/mol. The predicted octanol–water partition coefficient (Wildman–Crippen LogP) is 2.00. The number of ether oxygens (including phenoxy) is 1. The standard InChI is InChI=1S/C20H22F2N5O7P/c1-20(29)16(28)14(33-19(20)27-9-26-15-17(23)24-8-25-18(15)27)7-32-35(30)31-3-2-13(34-35)10-4-11(21)6-12(22)5-10/h4-6,8-9,13-14,16,19,28-29H,2-3,7H2,1H3,(H2,23,24,25)/t13-,14+,16+,19+,20+,35+/m0/s1. The molecule has 15 heteroatoms. The summed E-state index contributed by atoms with van der Waals surface area (Å²) in [6.07, 6.45) is -1.97. The SMILES string of the molecule is C[C@@]1(O)[C@H](O)[C@@H](CO[P@@]2(=O)OCC[C@@H](c3cc(F)cc(F)c3)O2)O[C@H]1n1cnc2c(N)ncnc21. The zero-order chi connectivity index (χ0) is 25.0. The third kappa shape index (κ3) is 4.42. The van der Waals surface area contributed by atoms with Crippen molar-refractivity contribution in [2.24, 2.45) is 0 Å². The number of hydrogen-bond donors (Lipinski definition) is 3. The van der Waals surface area contributed by atoms with Gasteiger partial charge in [0.1, 0.15) is 41.3 Å². The van der Waals surface area contributed by atoms with Gasteiger partial charge in [-0.15, -0.1) is 0 Å². The minimum Gasteiger partial charge on any atom is -0.387 e. The molecule has 5 rings (SSSR count). The Morgan fingerprint density at radius 3 is 2.77 bits per heavy atom. The smallest absolute Gasteiger partial charge is 0.387 e. The van der Waals surface area contributed by atoms with Crippen molar-refractivity contribution in [2.45, 2.75) is 43.5 Å². The molecule has 2 fully saturated rings. The van der Waals surface area contributed by atoms with E-state index >= 15 is 0 Å². The van der Waals surface area contributed by atoms with Crippen molar-refractivity contribution in [2.75, 3.05) is 18.9 Å². The maximum absolute atomic E-state index is 13.6. The predicted molar refractivity (Wildman–Crippen MR) is 115 cm³/mol. The van der Waals surface area contributed by atoms with Crippen molar-refractivity contribution in [3.63, 3.8) is 0 Å². The van der Waals surface area contributed by atoms with Crippen molar-refractivity contribution in [3.8, 4) is 0 Å². The molecule has 35 heavy (non-hydrogen) atoms. The van der Waals surface area contributed by atoms with Crippen molar-refractivity contribution < 1.29 is 41.9 Å². The van der Waals surface area contributed by atoms with Crippen LogP contribution in [0.15, 0.2) is 30.9 Å². The van der Waals surface area contributed by atoms with E-state index in [1.807, 2.05) is 0 Å². The molecule has 0 spiro atoms. The lowest BCUT2D eigenvalue weighted by atomic mass is 9.96. The fraction of sp³-hybridized carbons (Fsp3) is 0.450. The summed E-state index contributed by atoms with van der Waals surface area (Å²) < 4.78 is 63.4. The molecule has 188 valence electrons. The van der Waals surface area contributed by atoms with Crippen LogP contribution in [0.1, 0.15) is 31.2 Å². The number of imidazole rings is 1. The molecule has 4 heterocycles. The molecule has 0 aliphatic carbocycles. The summed E-state index contributed by atoms with van der Waals surface area (Å²) in [5, 5.41) is 21.7. The van der Waals surface area contributed by atoms with Gasteiger partial charge < -0.3 is 20.7 Å². The number of aromatic nitrogens is 4. The lowest BCUT2D eigenvalue weighted by Gasteiger charge is -2.30. The van der Waals surface area contributed by atoms with E-state index in [0.717, 1.165) is 12.1 Å². The normalized spacial score (nSPS) is 33.4. The Kier molecular flexibility index (Phi) is 6.08. The van der Waals surface area contributed by atoms with Crippen LogP contribution in [0.2, 0.25) is 0 Å². The first-order valence-electron chi connectivity index (χ1n) is 10.6. The average Bonchev–Trinajstić information content (AvgIpc) is 3.31. The van der Waals surface area contributed by atoms with Gasteiger partial charge in [-0.1, -0.05) is 0 Å². The lowest BCUT2D eigenvalue weighted by Crippen LogP contribution is -2.44. The van der Waals surface area contributed by atoms with Crippen LogP contribution >= 0.6 is 7.82 Å². The molecule has 3 aromatic rings. The first-order chi connectivity index (χ1) is 16.6. The number of aliphatic hydroxyl groups is 2. The fourth-order valence-electron chi connectivity index (χ4n) is 4.15. The number of phosphoric acid groups is 1. The van der Waals surface area contributed by atoms with Crippen molar-refractivity contribution >= 4 is 24.8 Å². The number of aliphatic hydroxyl groups excluding tert-OH is 1. The van der Waals surface area contributed by atoms with Crippen LogP contribution in [-0.2, 0) is 22.9 Å². The maximum Gasteiger partial charge on any atom is 0.475 e. The largest absolute Gasteiger partial charge is 0.475 e. The summed E-state index contributed by atoms with van der Waals surface area (Å²) in [4.78, 5) is 12.1. The second kappa shape index (κ2) is 8.82. The summed E-state index contributed by atoms with van der Waals surface area (Å²) in [5.74, 6) is -1.48. The molecule has 4 N–H and O–H groups in total. The molecule has 1 aromatic carbocycles. The minimum atomic E-state index is -4.19. The minimum absolute atomic E-state index is 0.0589. The number of fused-ring (bicyclic) bond motifs is 1. The summed E-state index contributed by atoms with van der Waals surface area (Å²) in [7, 11) is -4.19. The van der Waals surface area contributed by atoms with Crippen molar-refractivity contribution in [1.29, 1.82) is 0 Å². The quantitative estimate of drug-likeness (QED) is 0.428. The second-order valence-corrected chi connectivity index (χ2v) is 10.1. The van der Waals surface area contributed by atoms with Crippen molar-refractivity contribution in [3.05, 3.63) is 48.1 Å². The van der Waals surface area contributed by atoms with Crippen molar-refractivity contribution in [1.82, 2.24) is 19.5 Å². The molecule has 2 aromatic heterocycles. The van der Waals surface area contributed by atoms with Gasteiger partial charge in [0.15, 0.2) is 17.7 Å². The van der Waals surface area contributed by atoms with Crippen LogP contribution in [0.5, 0.6) is 0 Å². The van der Waals surface area contributed by atoms with E-state index in [0.29, 0.717) is 6.07 Å². The number of halogens is 2. The van der Waals surface area contributed by atoms with Crippen LogP contribution in [0, 0.1) is 11.6 Å².